The van der Waals surface area contributed by atoms with Gasteiger partial charge >= 0.3 is 0 Å². The fraction of sp³-hybridized carbons (Fsp3) is 0.500. The van der Waals surface area contributed by atoms with Crippen LogP contribution in [0.15, 0.2) is 24.4 Å². The normalized spacial score (nSPS) is 15.5. The molecule has 2 aromatic rings. The average molecular weight is 328 g/mol. The molecule has 0 radical (unpaired) electrons. The molecule has 0 bridgehead atoms. The predicted octanol–water partition coefficient (Wildman–Crippen LogP) is 2.36. The Hall–Kier alpha value is -2.37. The highest BCUT2D eigenvalue weighted by Gasteiger charge is 2.25. The summed E-state index contributed by atoms with van der Waals surface area (Å²) in [4.78, 5) is 18.7. The molecule has 0 spiro atoms. The Morgan fingerprint density at radius 1 is 1.33 bits per heavy atom. The topological polar surface area (TPSA) is 60.2 Å². The molecule has 3 heterocycles. The molecule has 0 atom stereocenters. The molecular weight excluding hydrogens is 304 g/mol. The third-order valence-corrected chi connectivity index (χ3v) is 4.65. The Bertz CT molecular complexity index is 698. The molecule has 0 aliphatic carbocycles. The minimum atomic E-state index is 0.0265. The van der Waals surface area contributed by atoms with E-state index in [2.05, 4.69) is 10.1 Å². The standard InChI is InChI=1S/C18H24N4O2/c1-13-5-4-8-19-17(13)24-12-15-6-9-22(10-7-15)18(23)16-11-14(2)21(3)20-16/h4-5,8,11,15H,6-7,9-10,12H2,1-3H3. The average Bonchev–Trinajstić information content (AvgIpc) is 2.93. The first kappa shape index (κ1) is 16.5. The first-order valence-corrected chi connectivity index (χ1v) is 8.39. The number of pyridine rings is 1. The van der Waals surface area contributed by atoms with Crippen LogP contribution in [0.5, 0.6) is 5.88 Å². The van der Waals surface area contributed by atoms with Crippen molar-refractivity contribution in [3.8, 4) is 5.88 Å². The Kier molecular flexibility index (Phi) is 4.83. The van der Waals surface area contributed by atoms with Crippen LogP contribution in [0.2, 0.25) is 0 Å². The zero-order chi connectivity index (χ0) is 17.1. The Morgan fingerprint density at radius 2 is 2.08 bits per heavy atom. The molecule has 0 N–H and O–H groups in total. The summed E-state index contributed by atoms with van der Waals surface area (Å²) in [5.41, 5.74) is 2.58. The van der Waals surface area contributed by atoms with Gasteiger partial charge in [0.1, 0.15) is 0 Å². The first-order chi connectivity index (χ1) is 11.5. The molecule has 3 rings (SSSR count). The van der Waals surface area contributed by atoms with Gasteiger partial charge in [0.15, 0.2) is 5.69 Å². The van der Waals surface area contributed by atoms with Crippen LogP contribution in [0.3, 0.4) is 0 Å². The third kappa shape index (κ3) is 3.58. The molecule has 0 unspecified atom stereocenters. The van der Waals surface area contributed by atoms with E-state index < -0.39 is 0 Å². The van der Waals surface area contributed by atoms with Crippen molar-refractivity contribution in [3.63, 3.8) is 0 Å². The second-order valence-electron chi connectivity index (χ2n) is 6.47. The largest absolute Gasteiger partial charge is 0.477 e. The number of likely N-dealkylation sites (tertiary alicyclic amines) is 1. The molecule has 1 saturated heterocycles. The fourth-order valence-electron chi connectivity index (χ4n) is 2.95. The summed E-state index contributed by atoms with van der Waals surface area (Å²) >= 11 is 0. The van der Waals surface area contributed by atoms with Crippen molar-refractivity contribution in [2.24, 2.45) is 13.0 Å². The maximum absolute atomic E-state index is 12.5. The zero-order valence-electron chi connectivity index (χ0n) is 14.5. The van der Waals surface area contributed by atoms with Gasteiger partial charge in [-0.2, -0.15) is 5.10 Å². The number of ether oxygens (including phenoxy) is 1. The molecular formula is C18H24N4O2. The Balaban J connectivity index is 1.50. The van der Waals surface area contributed by atoms with E-state index in [-0.39, 0.29) is 5.91 Å². The lowest BCUT2D eigenvalue weighted by Gasteiger charge is -2.31. The first-order valence-electron chi connectivity index (χ1n) is 8.39. The van der Waals surface area contributed by atoms with Gasteiger partial charge in [-0.05, 0) is 44.7 Å². The Morgan fingerprint density at radius 3 is 2.71 bits per heavy atom. The van der Waals surface area contributed by atoms with E-state index >= 15 is 0 Å². The van der Waals surface area contributed by atoms with E-state index in [1.807, 2.05) is 44.0 Å². The van der Waals surface area contributed by atoms with Crippen LogP contribution >= 0.6 is 0 Å². The number of amides is 1. The number of aryl methyl sites for hydroxylation is 3. The van der Waals surface area contributed by atoms with Crippen molar-refractivity contribution in [2.45, 2.75) is 26.7 Å². The lowest BCUT2D eigenvalue weighted by atomic mass is 9.97. The molecule has 0 aromatic carbocycles. The number of hydrogen-bond donors (Lipinski definition) is 0. The molecule has 2 aromatic heterocycles. The summed E-state index contributed by atoms with van der Waals surface area (Å²) < 4.78 is 7.58. The Labute approximate surface area is 142 Å². The van der Waals surface area contributed by atoms with Gasteiger partial charge in [0, 0.05) is 37.6 Å². The number of piperidine rings is 1. The smallest absolute Gasteiger partial charge is 0.274 e. The molecule has 0 saturated carbocycles. The van der Waals surface area contributed by atoms with Gasteiger partial charge in [0.2, 0.25) is 5.88 Å². The second kappa shape index (κ2) is 7.03. The second-order valence-corrected chi connectivity index (χ2v) is 6.47. The van der Waals surface area contributed by atoms with Crippen LogP contribution in [0.25, 0.3) is 0 Å². The highest BCUT2D eigenvalue weighted by Crippen LogP contribution is 2.21. The van der Waals surface area contributed by atoms with E-state index in [1.165, 1.54) is 0 Å². The fourth-order valence-corrected chi connectivity index (χ4v) is 2.95. The van der Waals surface area contributed by atoms with Crippen LogP contribution in [0.1, 0.15) is 34.6 Å². The monoisotopic (exact) mass is 328 g/mol. The van der Waals surface area contributed by atoms with Crippen molar-refractivity contribution >= 4 is 5.91 Å². The summed E-state index contributed by atoms with van der Waals surface area (Å²) in [6.45, 7) is 6.11. The molecule has 24 heavy (non-hydrogen) atoms. The van der Waals surface area contributed by atoms with Crippen molar-refractivity contribution < 1.29 is 9.53 Å². The maximum Gasteiger partial charge on any atom is 0.274 e. The molecule has 1 aliphatic heterocycles. The minimum absolute atomic E-state index is 0.0265. The number of hydrogen-bond acceptors (Lipinski definition) is 4. The molecule has 1 aliphatic rings. The SMILES string of the molecule is Cc1cccnc1OCC1CCN(C(=O)c2cc(C)n(C)n2)CC1. The molecule has 1 amide bonds. The third-order valence-electron chi connectivity index (χ3n) is 4.65. The van der Waals surface area contributed by atoms with E-state index in [1.54, 1.807) is 10.9 Å². The maximum atomic E-state index is 12.5. The van der Waals surface area contributed by atoms with E-state index in [4.69, 9.17) is 4.74 Å². The van der Waals surface area contributed by atoms with Gasteiger partial charge in [-0.3, -0.25) is 9.48 Å². The van der Waals surface area contributed by atoms with Gasteiger partial charge in [0.05, 0.1) is 6.61 Å². The molecule has 1 fully saturated rings. The number of carbonyl (C=O) groups excluding carboxylic acids is 1. The zero-order valence-corrected chi connectivity index (χ0v) is 14.5. The van der Waals surface area contributed by atoms with Crippen LogP contribution in [-0.4, -0.2) is 45.3 Å². The summed E-state index contributed by atoms with van der Waals surface area (Å²) in [6, 6.07) is 5.76. The molecule has 6 heteroatoms. The highest BCUT2D eigenvalue weighted by atomic mass is 16.5. The van der Waals surface area contributed by atoms with Gasteiger partial charge in [-0.1, -0.05) is 6.07 Å². The van der Waals surface area contributed by atoms with Gasteiger partial charge in [-0.15, -0.1) is 0 Å². The highest BCUT2D eigenvalue weighted by molar-refractivity contribution is 5.92. The summed E-state index contributed by atoms with van der Waals surface area (Å²) in [6.07, 6.45) is 3.64. The number of carbonyl (C=O) groups is 1. The lowest BCUT2D eigenvalue weighted by molar-refractivity contribution is 0.0652. The number of aromatic nitrogens is 3. The van der Waals surface area contributed by atoms with Crippen molar-refractivity contribution in [1.29, 1.82) is 0 Å². The summed E-state index contributed by atoms with van der Waals surface area (Å²) in [7, 11) is 1.86. The van der Waals surface area contributed by atoms with E-state index in [0.29, 0.717) is 24.1 Å². The van der Waals surface area contributed by atoms with Gasteiger partial charge in [-0.25, -0.2) is 4.98 Å². The number of rotatable bonds is 4. The van der Waals surface area contributed by atoms with Crippen LogP contribution in [-0.2, 0) is 7.05 Å². The van der Waals surface area contributed by atoms with Crippen LogP contribution < -0.4 is 4.74 Å². The van der Waals surface area contributed by atoms with E-state index in [9.17, 15) is 4.79 Å². The molecule has 6 nitrogen and oxygen atoms in total. The van der Waals surface area contributed by atoms with Crippen molar-refractivity contribution in [3.05, 3.63) is 41.3 Å². The van der Waals surface area contributed by atoms with E-state index in [0.717, 1.165) is 37.2 Å². The summed E-state index contributed by atoms with van der Waals surface area (Å²) in [5.74, 6) is 1.19. The van der Waals surface area contributed by atoms with Gasteiger partial charge < -0.3 is 9.64 Å². The van der Waals surface area contributed by atoms with Crippen molar-refractivity contribution in [2.75, 3.05) is 19.7 Å². The predicted molar refractivity (Wildman–Crippen MR) is 91.0 cm³/mol. The minimum Gasteiger partial charge on any atom is -0.477 e. The van der Waals surface area contributed by atoms with Crippen LogP contribution in [0.4, 0.5) is 0 Å². The lowest BCUT2D eigenvalue weighted by Crippen LogP contribution is -2.40. The quantitative estimate of drug-likeness (QED) is 0.864. The molecule has 128 valence electrons. The number of nitrogens with zero attached hydrogens (tertiary/aromatic N) is 4. The van der Waals surface area contributed by atoms with Crippen LogP contribution in [0, 0.1) is 19.8 Å². The van der Waals surface area contributed by atoms with Gasteiger partial charge in [0.25, 0.3) is 5.91 Å². The summed E-state index contributed by atoms with van der Waals surface area (Å²) in [5, 5.41) is 4.28. The van der Waals surface area contributed by atoms with Crippen molar-refractivity contribution in [1.82, 2.24) is 19.7 Å².